The fraction of sp³-hybridized carbons (Fsp3) is 0.133. The molecule has 2 rings (SSSR count). The van der Waals surface area contributed by atoms with E-state index in [9.17, 15) is 10.1 Å². The average molecular weight is 393 g/mol. The molecule has 1 amide bonds. The second-order valence-electron chi connectivity index (χ2n) is 4.22. The second kappa shape index (κ2) is 7.59. The Labute approximate surface area is 136 Å². The van der Waals surface area contributed by atoms with Gasteiger partial charge in [-0.05, 0) is 46.4 Å². The number of halogens is 1. The van der Waals surface area contributed by atoms with Crippen LogP contribution in [0.5, 0.6) is 0 Å². The predicted octanol–water partition coefficient (Wildman–Crippen LogP) is 2.30. The molecular formula is C15H12IN3O2. The summed E-state index contributed by atoms with van der Waals surface area (Å²) in [6.45, 7) is 0. The highest BCUT2D eigenvalue weighted by Crippen LogP contribution is 2.09. The minimum atomic E-state index is -0.627. The van der Waals surface area contributed by atoms with Crippen LogP contribution in [0.3, 0.4) is 0 Å². The smallest absolute Gasteiger partial charge is 0.289 e. The number of aliphatic imine (C=N–C) groups is 1. The summed E-state index contributed by atoms with van der Waals surface area (Å²) >= 11 is 2.21. The molecule has 1 aromatic rings. The van der Waals surface area contributed by atoms with Gasteiger partial charge in [-0.3, -0.25) is 9.79 Å². The summed E-state index contributed by atoms with van der Waals surface area (Å²) in [7, 11) is 0. The Morgan fingerprint density at radius 3 is 2.90 bits per heavy atom. The number of carbonyl (C=O) groups is 1. The maximum absolute atomic E-state index is 12.0. The molecule has 0 fully saturated rings. The van der Waals surface area contributed by atoms with E-state index in [4.69, 9.17) is 4.74 Å². The van der Waals surface area contributed by atoms with Crippen molar-refractivity contribution in [1.29, 1.82) is 5.26 Å². The van der Waals surface area contributed by atoms with Crippen molar-refractivity contribution in [2.24, 2.45) is 4.99 Å². The van der Waals surface area contributed by atoms with E-state index in [1.807, 2.05) is 24.3 Å². The third kappa shape index (κ3) is 4.72. The van der Waals surface area contributed by atoms with Gasteiger partial charge in [0.15, 0.2) is 0 Å². The van der Waals surface area contributed by atoms with E-state index in [0.717, 1.165) is 9.13 Å². The van der Waals surface area contributed by atoms with Gasteiger partial charge < -0.3 is 10.1 Å². The number of ether oxygens (including phenoxy) is 1. The molecule has 0 radical (unpaired) electrons. The lowest BCUT2D eigenvalue weighted by Crippen LogP contribution is -2.36. The molecule has 6 heteroatoms. The minimum Gasteiger partial charge on any atom is -0.458 e. The first-order valence-electron chi connectivity index (χ1n) is 6.19. The van der Waals surface area contributed by atoms with Gasteiger partial charge in [-0.1, -0.05) is 12.1 Å². The second-order valence-corrected chi connectivity index (χ2v) is 5.47. The Morgan fingerprint density at radius 1 is 1.43 bits per heavy atom. The molecule has 21 heavy (non-hydrogen) atoms. The number of nitrogens with zero attached hydrogens (tertiary/aromatic N) is 2. The molecule has 106 valence electrons. The molecule has 0 aromatic heterocycles. The first kappa shape index (κ1) is 15.3. The van der Waals surface area contributed by atoms with Crippen molar-refractivity contribution in [3.05, 3.63) is 57.7 Å². The minimum absolute atomic E-state index is 0.0582. The lowest BCUT2D eigenvalue weighted by Gasteiger charge is -2.12. The van der Waals surface area contributed by atoms with Crippen LogP contribution in [0.1, 0.15) is 5.56 Å². The largest absolute Gasteiger partial charge is 0.458 e. The van der Waals surface area contributed by atoms with Crippen LogP contribution < -0.4 is 5.32 Å². The summed E-state index contributed by atoms with van der Waals surface area (Å²) in [6.07, 6.45) is 6.19. The van der Waals surface area contributed by atoms with E-state index >= 15 is 0 Å². The van der Waals surface area contributed by atoms with Crippen LogP contribution in [0.25, 0.3) is 0 Å². The van der Waals surface area contributed by atoms with Gasteiger partial charge in [0.05, 0.1) is 18.5 Å². The molecule has 0 bridgehead atoms. The van der Waals surface area contributed by atoms with Crippen LogP contribution >= 0.6 is 22.6 Å². The first-order valence-corrected chi connectivity index (χ1v) is 7.27. The fourth-order valence-corrected chi connectivity index (χ4v) is 2.02. The summed E-state index contributed by atoms with van der Waals surface area (Å²) in [6, 6.07) is 9.25. The van der Waals surface area contributed by atoms with Crippen LogP contribution in [0, 0.1) is 14.9 Å². The number of amides is 1. The maximum Gasteiger partial charge on any atom is 0.289 e. The Balaban J connectivity index is 1.99. The molecule has 0 unspecified atom stereocenters. The summed E-state index contributed by atoms with van der Waals surface area (Å²) in [5, 5.41) is 11.8. The highest BCUT2D eigenvalue weighted by Gasteiger charge is 2.17. The molecule has 1 aliphatic rings. The van der Waals surface area contributed by atoms with Crippen molar-refractivity contribution in [3.8, 4) is 6.07 Å². The topological polar surface area (TPSA) is 74.5 Å². The van der Waals surface area contributed by atoms with Crippen LogP contribution in [0.2, 0.25) is 0 Å². The highest BCUT2D eigenvalue weighted by molar-refractivity contribution is 14.1. The number of rotatable bonds is 4. The SMILES string of the molecule is N#C[C@H](Cc1ccc(I)cc1)NC(=O)C1=CN=CC=CO1. The summed E-state index contributed by atoms with van der Waals surface area (Å²) in [5.74, 6) is -0.404. The van der Waals surface area contributed by atoms with E-state index in [1.54, 1.807) is 6.08 Å². The number of nitrogens with one attached hydrogen (secondary N) is 1. The molecule has 0 aliphatic carbocycles. The zero-order valence-corrected chi connectivity index (χ0v) is 13.1. The van der Waals surface area contributed by atoms with Crippen molar-refractivity contribution >= 4 is 34.7 Å². The predicted molar refractivity (Wildman–Crippen MR) is 87.2 cm³/mol. The van der Waals surface area contributed by atoms with Gasteiger partial charge in [0, 0.05) is 16.2 Å². The van der Waals surface area contributed by atoms with E-state index in [-0.39, 0.29) is 5.76 Å². The van der Waals surface area contributed by atoms with E-state index in [1.165, 1.54) is 18.7 Å². The number of nitriles is 1. The number of hydrogen-bond acceptors (Lipinski definition) is 4. The zero-order chi connectivity index (χ0) is 15.1. The molecule has 0 saturated heterocycles. The summed E-state index contributed by atoms with van der Waals surface area (Å²) in [4.78, 5) is 15.9. The number of allylic oxidation sites excluding steroid dienone is 1. The van der Waals surface area contributed by atoms with Gasteiger partial charge in [-0.2, -0.15) is 5.26 Å². The average Bonchev–Trinajstić information content (AvgIpc) is 2.78. The molecule has 1 aliphatic heterocycles. The van der Waals surface area contributed by atoms with Gasteiger partial charge in [-0.15, -0.1) is 0 Å². The van der Waals surface area contributed by atoms with Crippen molar-refractivity contribution in [2.45, 2.75) is 12.5 Å². The third-order valence-corrected chi connectivity index (χ3v) is 3.39. The lowest BCUT2D eigenvalue weighted by atomic mass is 10.1. The fourth-order valence-electron chi connectivity index (χ4n) is 1.67. The van der Waals surface area contributed by atoms with Gasteiger partial charge in [0.25, 0.3) is 5.91 Å². The van der Waals surface area contributed by atoms with Crippen LogP contribution in [-0.4, -0.2) is 18.2 Å². The maximum atomic E-state index is 12.0. The number of carbonyl (C=O) groups excluding carboxylic acids is 1. The Hall–Kier alpha value is -2.14. The summed E-state index contributed by atoms with van der Waals surface area (Å²) < 4.78 is 6.23. The Bertz CT molecular complexity index is 642. The molecule has 1 atom stereocenters. The molecule has 1 aromatic carbocycles. The molecule has 1 N–H and O–H groups in total. The molecular weight excluding hydrogens is 381 g/mol. The zero-order valence-electron chi connectivity index (χ0n) is 11.0. The molecule has 0 spiro atoms. The number of hydrogen-bond donors (Lipinski definition) is 1. The van der Waals surface area contributed by atoms with Crippen LogP contribution in [0.4, 0.5) is 0 Å². The van der Waals surface area contributed by atoms with Crippen molar-refractivity contribution < 1.29 is 9.53 Å². The van der Waals surface area contributed by atoms with Crippen molar-refractivity contribution in [2.75, 3.05) is 0 Å². The molecule has 0 saturated carbocycles. The van der Waals surface area contributed by atoms with Gasteiger partial charge in [0.1, 0.15) is 6.04 Å². The normalized spacial score (nSPS) is 14.4. The molecule has 5 nitrogen and oxygen atoms in total. The Kier molecular flexibility index (Phi) is 5.51. The number of benzene rings is 1. The van der Waals surface area contributed by atoms with E-state index in [0.29, 0.717) is 6.42 Å². The van der Waals surface area contributed by atoms with Crippen LogP contribution in [0.15, 0.2) is 53.6 Å². The molecule has 1 heterocycles. The third-order valence-electron chi connectivity index (χ3n) is 2.68. The van der Waals surface area contributed by atoms with Crippen LogP contribution in [-0.2, 0) is 16.0 Å². The lowest BCUT2D eigenvalue weighted by molar-refractivity contribution is -0.120. The van der Waals surface area contributed by atoms with E-state index < -0.39 is 11.9 Å². The summed E-state index contributed by atoms with van der Waals surface area (Å²) in [5.41, 5.74) is 0.982. The van der Waals surface area contributed by atoms with Gasteiger partial charge in [0.2, 0.25) is 5.76 Å². The Morgan fingerprint density at radius 2 is 2.19 bits per heavy atom. The van der Waals surface area contributed by atoms with E-state index in [2.05, 4.69) is 39.0 Å². The van der Waals surface area contributed by atoms with Crippen molar-refractivity contribution in [1.82, 2.24) is 5.32 Å². The monoisotopic (exact) mass is 393 g/mol. The highest BCUT2D eigenvalue weighted by atomic mass is 127. The van der Waals surface area contributed by atoms with Gasteiger partial charge >= 0.3 is 0 Å². The first-order chi connectivity index (χ1) is 10.2. The quantitative estimate of drug-likeness (QED) is 0.798. The standard InChI is InChI=1S/C15H12IN3O2/c16-12-4-2-11(3-5-12)8-13(9-17)19-15(20)14-10-18-6-1-7-21-14/h1-7,10,13H,8H2,(H,19,20)/t13-/m0/s1. The van der Waals surface area contributed by atoms with Crippen molar-refractivity contribution in [3.63, 3.8) is 0 Å². The van der Waals surface area contributed by atoms with Gasteiger partial charge in [-0.25, -0.2) is 0 Å².